The molecule has 0 bridgehead atoms. The summed E-state index contributed by atoms with van der Waals surface area (Å²) in [5.41, 5.74) is 2.17. The van der Waals surface area contributed by atoms with E-state index in [0.29, 0.717) is 6.42 Å². The number of benzene rings is 1. The third-order valence-corrected chi connectivity index (χ3v) is 3.26. The number of amides is 1. The molecule has 0 aliphatic heterocycles. The minimum atomic E-state index is -0.225. The topological polar surface area (TPSA) is 44.9 Å². The lowest BCUT2D eigenvalue weighted by atomic mass is 9.94. The molecule has 1 aromatic heterocycles. The normalized spacial score (nSPS) is 11.7. The molecule has 3 nitrogen and oxygen atoms in total. The van der Waals surface area contributed by atoms with E-state index in [2.05, 4.69) is 36.3 Å². The Kier molecular flexibility index (Phi) is 3.93. The van der Waals surface area contributed by atoms with Gasteiger partial charge in [-0.05, 0) is 38.3 Å². The van der Waals surface area contributed by atoms with Crippen LogP contribution in [0.3, 0.4) is 0 Å². The van der Waals surface area contributed by atoms with Crippen LogP contribution in [0.2, 0.25) is 0 Å². The Morgan fingerprint density at radius 1 is 1.32 bits per heavy atom. The van der Waals surface area contributed by atoms with Crippen molar-refractivity contribution in [3.05, 3.63) is 36.0 Å². The minimum absolute atomic E-state index is 0.132. The smallest absolute Gasteiger partial charge is 0.220 e. The SMILES string of the molecule is CCCC(=O)NC(C)(C)Cc1c[nH]c2ccccc12. The van der Waals surface area contributed by atoms with Gasteiger partial charge in [0, 0.05) is 29.1 Å². The fourth-order valence-corrected chi connectivity index (χ4v) is 2.47. The van der Waals surface area contributed by atoms with Gasteiger partial charge in [-0.25, -0.2) is 0 Å². The molecule has 0 saturated carbocycles. The van der Waals surface area contributed by atoms with Crippen LogP contribution in [-0.4, -0.2) is 16.4 Å². The van der Waals surface area contributed by atoms with Crippen molar-refractivity contribution in [2.75, 3.05) is 0 Å². The molecular weight excluding hydrogens is 236 g/mol. The Morgan fingerprint density at radius 3 is 2.79 bits per heavy atom. The number of nitrogens with one attached hydrogen (secondary N) is 2. The molecule has 19 heavy (non-hydrogen) atoms. The van der Waals surface area contributed by atoms with Crippen molar-refractivity contribution < 1.29 is 4.79 Å². The van der Waals surface area contributed by atoms with E-state index in [4.69, 9.17) is 0 Å². The fourth-order valence-electron chi connectivity index (χ4n) is 2.47. The van der Waals surface area contributed by atoms with Gasteiger partial charge in [-0.3, -0.25) is 4.79 Å². The first-order valence-corrected chi connectivity index (χ1v) is 6.88. The number of aromatic amines is 1. The summed E-state index contributed by atoms with van der Waals surface area (Å²) >= 11 is 0. The van der Waals surface area contributed by atoms with Crippen molar-refractivity contribution in [1.29, 1.82) is 0 Å². The molecule has 1 heterocycles. The summed E-state index contributed by atoms with van der Waals surface area (Å²) in [7, 11) is 0. The predicted molar refractivity (Wildman–Crippen MR) is 79.1 cm³/mol. The minimum Gasteiger partial charge on any atom is -0.361 e. The van der Waals surface area contributed by atoms with E-state index < -0.39 is 0 Å². The molecule has 2 aromatic rings. The standard InChI is InChI=1S/C16H22N2O/c1-4-7-15(19)18-16(2,3)10-12-11-17-14-9-6-5-8-13(12)14/h5-6,8-9,11,17H,4,7,10H2,1-3H3,(H,18,19). The third-order valence-electron chi connectivity index (χ3n) is 3.26. The van der Waals surface area contributed by atoms with Gasteiger partial charge in [-0.2, -0.15) is 0 Å². The maximum atomic E-state index is 11.7. The molecule has 0 aliphatic carbocycles. The summed E-state index contributed by atoms with van der Waals surface area (Å²) in [5, 5.41) is 4.34. The van der Waals surface area contributed by atoms with Gasteiger partial charge < -0.3 is 10.3 Å². The first kappa shape index (κ1) is 13.7. The van der Waals surface area contributed by atoms with Gasteiger partial charge in [-0.1, -0.05) is 25.1 Å². The molecule has 0 radical (unpaired) electrons. The first-order valence-electron chi connectivity index (χ1n) is 6.88. The van der Waals surface area contributed by atoms with Gasteiger partial charge in [0.25, 0.3) is 0 Å². The van der Waals surface area contributed by atoms with E-state index in [1.165, 1.54) is 10.9 Å². The number of rotatable bonds is 5. The van der Waals surface area contributed by atoms with Crippen LogP contribution in [0.15, 0.2) is 30.5 Å². The molecule has 1 aromatic carbocycles. The summed E-state index contributed by atoms with van der Waals surface area (Å²) in [4.78, 5) is 15.0. The zero-order valence-electron chi connectivity index (χ0n) is 11.9. The number of carbonyl (C=O) groups excluding carboxylic acids is 1. The summed E-state index contributed by atoms with van der Waals surface area (Å²) in [6.07, 6.45) is 4.34. The Balaban J connectivity index is 2.13. The number of para-hydroxylation sites is 1. The summed E-state index contributed by atoms with van der Waals surface area (Å²) < 4.78 is 0. The summed E-state index contributed by atoms with van der Waals surface area (Å²) in [6.45, 7) is 6.16. The average molecular weight is 258 g/mol. The van der Waals surface area contributed by atoms with Crippen LogP contribution < -0.4 is 5.32 Å². The molecule has 0 saturated heterocycles. The van der Waals surface area contributed by atoms with Gasteiger partial charge in [0.1, 0.15) is 0 Å². The van der Waals surface area contributed by atoms with Crippen LogP contribution in [0.4, 0.5) is 0 Å². The molecule has 102 valence electrons. The number of carbonyl (C=O) groups is 1. The fraction of sp³-hybridized carbons (Fsp3) is 0.438. The average Bonchev–Trinajstić information content (AvgIpc) is 2.72. The molecule has 3 heteroatoms. The highest BCUT2D eigenvalue weighted by Gasteiger charge is 2.21. The highest BCUT2D eigenvalue weighted by atomic mass is 16.1. The third kappa shape index (κ3) is 3.37. The highest BCUT2D eigenvalue weighted by molar-refractivity contribution is 5.83. The zero-order chi connectivity index (χ0) is 13.9. The quantitative estimate of drug-likeness (QED) is 0.848. The molecule has 2 N–H and O–H groups in total. The Hall–Kier alpha value is -1.77. The predicted octanol–water partition coefficient (Wildman–Crippen LogP) is 3.41. The Bertz CT molecular complexity index is 569. The van der Waals surface area contributed by atoms with Gasteiger partial charge in [-0.15, -0.1) is 0 Å². The van der Waals surface area contributed by atoms with Crippen molar-refractivity contribution in [2.45, 2.75) is 45.6 Å². The Morgan fingerprint density at radius 2 is 2.05 bits per heavy atom. The number of fused-ring (bicyclic) bond motifs is 1. The molecule has 0 aliphatic rings. The van der Waals surface area contributed by atoms with Crippen LogP contribution in [0.25, 0.3) is 10.9 Å². The van der Waals surface area contributed by atoms with E-state index in [1.807, 2.05) is 25.3 Å². The lowest BCUT2D eigenvalue weighted by Gasteiger charge is -2.26. The number of hydrogen-bond donors (Lipinski definition) is 2. The first-order chi connectivity index (χ1) is 9.02. The van der Waals surface area contributed by atoms with Crippen molar-refractivity contribution >= 4 is 16.8 Å². The molecule has 0 fully saturated rings. The van der Waals surface area contributed by atoms with Crippen LogP contribution in [0.1, 0.15) is 39.2 Å². The Labute approximate surface area is 114 Å². The van der Waals surface area contributed by atoms with Crippen LogP contribution >= 0.6 is 0 Å². The maximum absolute atomic E-state index is 11.7. The van der Waals surface area contributed by atoms with Gasteiger partial charge in [0.15, 0.2) is 0 Å². The van der Waals surface area contributed by atoms with E-state index in [-0.39, 0.29) is 11.4 Å². The van der Waals surface area contributed by atoms with E-state index in [1.54, 1.807) is 0 Å². The summed E-state index contributed by atoms with van der Waals surface area (Å²) in [5.74, 6) is 0.132. The van der Waals surface area contributed by atoms with E-state index in [9.17, 15) is 4.79 Å². The zero-order valence-corrected chi connectivity index (χ0v) is 11.9. The maximum Gasteiger partial charge on any atom is 0.220 e. The molecule has 0 unspecified atom stereocenters. The van der Waals surface area contributed by atoms with Crippen LogP contribution in [0, 0.1) is 0 Å². The second kappa shape index (κ2) is 5.47. The van der Waals surface area contributed by atoms with Crippen molar-refractivity contribution in [1.82, 2.24) is 10.3 Å². The number of hydrogen-bond acceptors (Lipinski definition) is 1. The molecule has 0 spiro atoms. The molecule has 1 amide bonds. The van der Waals surface area contributed by atoms with Gasteiger partial charge in [0.2, 0.25) is 5.91 Å². The van der Waals surface area contributed by atoms with Gasteiger partial charge >= 0.3 is 0 Å². The summed E-state index contributed by atoms with van der Waals surface area (Å²) in [6, 6.07) is 8.26. The number of H-pyrrole nitrogens is 1. The van der Waals surface area contributed by atoms with Gasteiger partial charge in [0.05, 0.1) is 0 Å². The molecular formula is C16H22N2O. The second-order valence-corrected chi connectivity index (χ2v) is 5.72. The molecule has 0 atom stereocenters. The molecule has 2 rings (SSSR count). The van der Waals surface area contributed by atoms with Crippen LogP contribution in [0.5, 0.6) is 0 Å². The second-order valence-electron chi connectivity index (χ2n) is 5.72. The highest BCUT2D eigenvalue weighted by Crippen LogP contribution is 2.22. The van der Waals surface area contributed by atoms with E-state index in [0.717, 1.165) is 18.4 Å². The largest absolute Gasteiger partial charge is 0.361 e. The van der Waals surface area contributed by atoms with Crippen molar-refractivity contribution in [3.8, 4) is 0 Å². The lowest BCUT2D eigenvalue weighted by molar-refractivity contribution is -0.122. The monoisotopic (exact) mass is 258 g/mol. The van der Waals surface area contributed by atoms with Crippen molar-refractivity contribution in [2.24, 2.45) is 0 Å². The lowest BCUT2D eigenvalue weighted by Crippen LogP contribution is -2.44. The van der Waals surface area contributed by atoms with Crippen LogP contribution in [-0.2, 0) is 11.2 Å². The van der Waals surface area contributed by atoms with E-state index >= 15 is 0 Å². The number of aromatic nitrogens is 1. The van der Waals surface area contributed by atoms with Crippen molar-refractivity contribution in [3.63, 3.8) is 0 Å².